The minimum Gasteiger partial charge on any atom is -0.466 e. The van der Waals surface area contributed by atoms with Crippen molar-refractivity contribution in [2.24, 2.45) is 11.8 Å². The van der Waals surface area contributed by atoms with E-state index in [4.69, 9.17) is 0 Å². The second-order valence-electron chi connectivity index (χ2n) is 6.78. The molecule has 1 heterocycles. The highest BCUT2D eigenvalue weighted by Crippen LogP contribution is 2.03. The number of carbonyl (C=O) groups excluding carboxylic acids is 2. The quantitative estimate of drug-likeness (QED) is 0.702. The van der Waals surface area contributed by atoms with E-state index in [2.05, 4.69) is 34.2 Å². The largest absolute Gasteiger partial charge is 0.466 e. The van der Waals surface area contributed by atoms with E-state index >= 15 is 0 Å². The summed E-state index contributed by atoms with van der Waals surface area (Å²) in [6.45, 7) is 14.5. The van der Waals surface area contributed by atoms with Crippen LogP contribution < -0.4 is 5.32 Å². The first-order chi connectivity index (χ1) is 13.8. The summed E-state index contributed by atoms with van der Waals surface area (Å²) < 4.78 is 6.30. The number of carbonyl (C=O) groups is 2. The molecule has 2 aromatic rings. The first-order valence-corrected chi connectivity index (χ1v) is 10.2. The lowest BCUT2D eigenvalue weighted by atomic mass is 10.1. The number of ether oxygens (including phenoxy) is 1. The molecule has 0 spiro atoms. The molecule has 1 aromatic heterocycles. The molecule has 29 heavy (non-hydrogen) atoms. The minimum atomic E-state index is -0.118. The molecule has 0 bridgehead atoms. The van der Waals surface area contributed by atoms with Crippen molar-refractivity contribution in [1.82, 2.24) is 20.3 Å². The van der Waals surface area contributed by atoms with Crippen LogP contribution in [0.1, 0.15) is 64.5 Å². The van der Waals surface area contributed by atoms with Crippen molar-refractivity contribution >= 4 is 11.9 Å². The zero-order chi connectivity index (χ0) is 22.2. The van der Waals surface area contributed by atoms with Crippen molar-refractivity contribution in [3.63, 3.8) is 0 Å². The van der Waals surface area contributed by atoms with Gasteiger partial charge in [-0.1, -0.05) is 65.0 Å². The normalized spacial score (nSPS) is 9.83. The van der Waals surface area contributed by atoms with Gasteiger partial charge in [0.15, 0.2) is 0 Å². The number of nitrogens with zero attached hydrogens (tertiary/aromatic N) is 3. The monoisotopic (exact) mass is 404 g/mol. The van der Waals surface area contributed by atoms with E-state index in [0.29, 0.717) is 24.8 Å². The van der Waals surface area contributed by atoms with Crippen LogP contribution in [0, 0.1) is 11.8 Å². The standard InChI is InChI=1S/C14H18N4O.C6H12O2.C2H6/c1-11(2)8-13-9-18(17-16-13)10-15-14(19)12-6-4-3-5-7-12;1-4-8-6(7)5(2)3;1-2/h3-7,9,11H,8,10H2,1-2H3,(H,15,19);5H,4H2,1-3H3;1-2H3. The maximum absolute atomic E-state index is 11.8. The molecule has 162 valence electrons. The molecule has 0 fully saturated rings. The summed E-state index contributed by atoms with van der Waals surface area (Å²) in [4.78, 5) is 22.4. The van der Waals surface area contributed by atoms with Crippen molar-refractivity contribution in [2.45, 2.75) is 61.6 Å². The van der Waals surface area contributed by atoms with Crippen molar-refractivity contribution in [3.8, 4) is 0 Å². The number of nitrogens with one attached hydrogen (secondary N) is 1. The third kappa shape index (κ3) is 11.7. The number of aromatic nitrogens is 3. The lowest BCUT2D eigenvalue weighted by Gasteiger charge is -2.04. The van der Waals surface area contributed by atoms with E-state index in [0.717, 1.165) is 12.1 Å². The van der Waals surface area contributed by atoms with Crippen LogP contribution >= 0.6 is 0 Å². The van der Waals surface area contributed by atoms with Gasteiger partial charge in [0.2, 0.25) is 0 Å². The van der Waals surface area contributed by atoms with E-state index in [1.807, 2.05) is 52.1 Å². The van der Waals surface area contributed by atoms with Gasteiger partial charge in [0.05, 0.1) is 24.4 Å². The SMILES string of the molecule is CC.CC(C)Cc1cn(CNC(=O)c2ccccc2)nn1.CCOC(=O)C(C)C. The van der Waals surface area contributed by atoms with Crippen molar-refractivity contribution in [1.29, 1.82) is 0 Å². The third-order valence-corrected chi connectivity index (χ3v) is 3.40. The van der Waals surface area contributed by atoms with Gasteiger partial charge in [-0.3, -0.25) is 9.59 Å². The van der Waals surface area contributed by atoms with Crippen LogP contribution in [0.4, 0.5) is 0 Å². The Balaban J connectivity index is 0.000000664. The molecule has 1 aromatic carbocycles. The lowest BCUT2D eigenvalue weighted by Crippen LogP contribution is -2.26. The molecule has 1 amide bonds. The molecule has 0 unspecified atom stereocenters. The zero-order valence-corrected chi connectivity index (χ0v) is 18.8. The summed E-state index contributed by atoms with van der Waals surface area (Å²) in [6.07, 6.45) is 2.76. The summed E-state index contributed by atoms with van der Waals surface area (Å²) in [6, 6.07) is 9.12. The number of benzene rings is 1. The Kier molecular flexibility index (Phi) is 13.8. The highest BCUT2D eigenvalue weighted by molar-refractivity contribution is 5.93. The van der Waals surface area contributed by atoms with Crippen molar-refractivity contribution in [2.75, 3.05) is 6.61 Å². The highest BCUT2D eigenvalue weighted by Gasteiger charge is 2.06. The van der Waals surface area contributed by atoms with Gasteiger partial charge in [0, 0.05) is 5.56 Å². The highest BCUT2D eigenvalue weighted by atomic mass is 16.5. The average Bonchev–Trinajstić information content (AvgIpc) is 3.15. The minimum absolute atomic E-state index is 0.00921. The van der Waals surface area contributed by atoms with Gasteiger partial charge < -0.3 is 10.1 Å². The Morgan fingerprint density at radius 3 is 2.21 bits per heavy atom. The van der Waals surface area contributed by atoms with Gasteiger partial charge >= 0.3 is 5.97 Å². The van der Waals surface area contributed by atoms with Crippen LogP contribution in [-0.4, -0.2) is 33.5 Å². The van der Waals surface area contributed by atoms with Crippen LogP contribution in [0.2, 0.25) is 0 Å². The molecule has 0 saturated carbocycles. The first-order valence-electron chi connectivity index (χ1n) is 10.2. The smallest absolute Gasteiger partial charge is 0.308 e. The van der Waals surface area contributed by atoms with Gasteiger partial charge in [-0.25, -0.2) is 4.68 Å². The van der Waals surface area contributed by atoms with Crippen molar-refractivity contribution in [3.05, 3.63) is 47.8 Å². The molecule has 7 nitrogen and oxygen atoms in total. The summed E-state index contributed by atoms with van der Waals surface area (Å²) in [5.74, 6) is 0.327. The van der Waals surface area contributed by atoms with Gasteiger partial charge in [0.1, 0.15) is 6.67 Å². The summed E-state index contributed by atoms with van der Waals surface area (Å²) in [7, 11) is 0. The fraction of sp³-hybridized carbons (Fsp3) is 0.545. The molecule has 0 saturated heterocycles. The van der Waals surface area contributed by atoms with E-state index in [-0.39, 0.29) is 17.8 Å². The first kappa shape index (κ1) is 26.3. The fourth-order valence-corrected chi connectivity index (χ4v) is 2.08. The van der Waals surface area contributed by atoms with E-state index in [1.165, 1.54) is 0 Å². The molecule has 1 N–H and O–H groups in total. The molecule has 0 aliphatic rings. The predicted molar refractivity (Wildman–Crippen MR) is 115 cm³/mol. The second-order valence-corrected chi connectivity index (χ2v) is 6.78. The van der Waals surface area contributed by atoms with Gasteiger partial charge in [-0.15, -0.1) is 5.10 Å². The maximum atomic E-state index is 11.8. The van der Waals surface area contributed by atoms with Crippen LogP contribution in [0.25, 0.3) is 0 Å². The van der Waals surface area contributed by atoms with E-state index in [9.17, 15) is 9.59 Å². The lowest BCUT2D eigenvalue weighted by molar-refractivity contribution is -0.146. The summed E-state index contributed by atoms with van der Waals surface area (Å²) in [5.41, 5.74) is 1.59. The molecular weight excluding hydrogens is 368 g/mol. The summed E-state index contributed by atoms with van der Waals surface area (Å²) in [5, 5.41) is 10.9. The average molecular weight is 405 g/mol. The topological polar surface area (TPSA) is 86.1 Å². The molecular formula is C22H36N4O3. The Labute approximate surface area is 174 Å². The number of hydrogen-bond acceptors (Lipinski definition) is 5. The predicted octanol–water partition coefficient (Wildman–Crippen LogP) is 4.10. The molecule has 0 atom stereocenters. The molecule has 0 radical (unpaired) electrons. The number of rotatable bonds is 7. The van der Waals surface area contributed by atoms with Crippen LogP contribution in [0.5, 0.6) is 0 Å². The molecule has 2 rings (SSSR count). The summed E-state index contributed by atoms with van der Waals surface area (Å²) >= 11 is 0. The maximum Gasteiger partial charge on any atom is 0.308 e. The van der Waals surface area contributed by atoms with Crippen LogP contribution in [0.15, 0.2) is 36.5 Å². The molecule has 0 aliphatic carbocycles. The Hall–Kier alpha value is -2.70. The van der Waals surface area contributed by atoms with Crippen molar-refractivity contribution < 1.29 is 14.3 Å². The second kappa shape index (κ2) is 15.2. The third-order valence-electron chi connectivity index (χ3n) is 3.40. The van der Waals surface area contributed by atoms with Gasteiger partial charge in [-0.05, 0) is 31.4 Å². The van der Waals surface area contributed by atoms with E-state index < -0.39 is 0 Å². The van der Waals surface area contributed by atoms with Gasteiger partial charge in [-0.2, -0.15) is 0 Å². The fourth-order valence-electron chi connectivity index (χ4n) is 2.08. The molecule has 0 aliphatic heterocycles. The van der Waals surface area contributed by atoms with Crippen LogP contribution in [-0.2, 0) is 22.6 Å². The number of amides is 1. The Bertz CT molecular complexity index is 697. The number of esters is 1. The number of hydrogen-bond donors (Lipinski definition) is 1. The van der Waals surface area contributed by atoms with E-state index in [1.54, 1.807) is 23.7 Å². The molecule has 7 heteroatoms. The zero-order valence-electron chi connectivity index (χ0n) is 18.8. The Morgan fingerprint density at radius 2 is 1.72 bits per heavy atom. The van der Waals surface area contributed by atoms with Gasteiger partial charge in [0.25, 0.3) is 5.91 Å². The Morgan fingerprint density at radius 1 is 1.10 bits per heavy atom. The van der Waals surface area contributed by atoms with Crippen LogP contribution in [0.3, 0.4) is 0 Å².